The molecule has 0 spiro atoms. The predicted molar refractivity (Wildman–Crippen MR) is 120 cm³/mol. The molecule has 31 heavy (non-hydrogen) atoms. The van der Waals surface area contributed by atoms with Crippen molar-refractivity contribution in [1.29, 1.82) is 0 Å². The van der Waals surface area contributed by atoms with Crippen LogP contribution < -0.4 is 15.2 Å². The Kier molecular flexibility index (Phi) is 5.91. The summed E-state index contributed by atoms with van der Waals surface area (Å²) in [6.07, 6.45) is 1.90. The highest BCUT2D eigenvalue weighted by Crippen LogP contribution is 2.33. The topological polar surface area (TPSA) is 79.4 Å². The molecule has 4 rings (SSSR count). The molecule has 1 aromatic heterocycles. The Morgan fingerprint density at radius 2 is 1.77 bits per heavy atom. The Labute approximate surface area is 184 Å². The third kappa shape index (κ3) is 4.39. The van der Waals surface area contributed by atoms with Crippen LogP contribution in [0.4, 0.5) is 0 Å². The monoisotopic (exact) mass is 433 g/mol. The van der Waals surface area contributed by atoms with Crippen molar-refractivity contribution >= 4 is 17.5 Å². The minimum atomic E-state index is -0.591. The number of methoxy groups -OCH3 is 1. The van der Waals surface area contributed by atoms with Crippen molar-refractivity contribution in [2.75, 3.05) is 7.11 Å². The van der Waals surface area contributed by atoms with Crippen LogP contribution in [0.15, 0.2) is 79.0 Å². The highest BCUT2D eigenvalue weighted by Gasteiger charge is 2.18. The second kappa shape index (κ2) is 8.93. The van der Waals surface area contributed by atoms with Gasteiger partial charge in [0, 0.05) is 22.3 Å². The molecule has 0 unspecified atom stereocenters. The maximum atomic E-state index is 11.9. The number of halogens is 1. The first kappa shape index (κ1) is 20.5. The third-order valence-electron chi connectivity index (χ3n) is 4.76. The van der Waals surface area contributed by atoms with Gasteiger partial charge in [-0.3, -0.25) is 4.79 Å². The molecule has 0 radical (unpaired) electrons. The number of ether oxygens (including phenoxy) is 2. The van der Waals surface area contributed by atoms with Gasteiger partial charge in [-0.1, -0.05) is 48.0 Å². The fourth-order valence-corrected chi connectivity index (χ4v) is 3.37. The van der Waals surface area contributed by atoms with Crippen LogP contribution >= 0.6 is 11.6 Å². The van der Waals surface area contributed by atoms with E-state index in [1.165, 1.54) is 7.11 Å². The fourth-order valence-electron chi connectivity index (χ4n) is 3.25. The predicted octanol–water partition coefficient (Wildman–Crippen LogP) is 4.88. The fraction of sp³-hybridized carbons (Fsp3) is 0.0833. The molecule has 0 fully saturated rings. The second-order valence-electron chi connectivity index (χ2n) is 6.78. The van der Waals surface area contributed by atoms with Crippen LogP contribution in [0.5, 0.6) is 11.5 Å². The number of aromatic nitrogens is 2. The van der Waals surface area contributed by atoms with Crippen molar-refractivity contribution in [3.05, 3.63) is 95.1 Å². The van der Waals surface area contributed by atoms with Crippen LogP contribution in [-0.4, -0.2) is 22.8 Å². The summed E-state index contributed by atoms with van der Waals surface area (Å²) < 4.78 is 13.2. The zero-order chi connectivity index (χ0) is 21.8. The molecule has 0 aliphatic carbocycles. The van der Waals surface area contributed by atoms with Gasteiger partial charge in [0.1, 0.15) is 6.61 Å². The summed E-state index contributed by atoms with van der Waals surface area (Å²) in [4.78, 5) is 11.9. The zero-order valence-electron chi connectivity index (χ0n) is 16.8. The minimum Gasteiger partial charge on any atom is -0.493 e. The average Bonchev–Trinajstić information content (AvgIpc) is 3.22. The van der Waals surface area contributed by atoms with Crippen LogP contribution in [0.25, 0.3) is 16.9 Å². The third-order valence-corrected chi connectivity index (χ3v) is 5.02. The summed E-state index contributed by atoms with van der Waals surface area (Å²) in [6, 6.07) is 22.2. The number of benzene rings is 3. The van der Waals surface area contributed by atoms with Gasteiger partial charge in [0.2, 0.25) is 0 Å². The Hall–Kier alpha value is -3.77. The van der Waals surface area contributed by atoms with Gasteiger partial charge in [0.05, 0.1) is 24.1 Å². The standard InChI is InChI=1S/C24H20ClN3O3/c1-30-21-9-5-8-20(24(26)29)23(21)31-15-17-14-28(19-6-3-2-4-7-19)27-22(17)16-10-12-18(25)13-11-16/h2-14H,15H2,1H3,(H2,26,29). The van der Waals surface area contributed by atoms with Gasteiger partial charge in [-0.15, -0.1) is 0 Å². The quantitative estimate of drug-likeness (QED) is 0.450. The minimum absolute atomic E-state index is 0.158. The summed E-state index contributed by atoms with van der Waals surface area (Å²) in [5.41, 5.74) is 9.16. The summed E-state index contributed by atoms with van der Waals surface area (Å²) in [6.45, 7) is 0.158. The van der Waals surface area contributed by atoms with Gasteiger partial charge >= 0.3 is 0 Å². The molecule has 6 nitrogen and oxygen atoms in total. The van der Waals surface area contributed by atoms with Crippen LogP contribution in [0, 0.1) is 0 Å². The van der Waals surface area contributed by atoms with Crippen molar-refractivity contribution < 1.29 is 14.3 Å². The maximum Gasteiger partial charge on any atom is 0.252 e. The molecule has 1 amide bonds. The number of hydrogen-bond donors (Lipinski definition) is 1. The van der Waals surface area contributed by atoms with Crippen LogP contribution in [0.1, 0.15) is 15.9 Å². The number of nitrogens with two attached hydrogens (primary N) is 1. The van der Waals surface area contributed by atoms with E-state index in [0.29, 0.717) is 16.5 Å². The Morgan fingerprint density at radius 3 is 2.45 bits per heavy atom. The van der Waals surface area contributed by atoms with Gasteiger partial charge < -0.3 is 15.2 Å². The normalized spacial score (nSPS) is 10.6. The van der Waals surface area contributed by atoms with Gasteiger partial charge in [0.15, 0.2) is 11.5 Å². The molecule has 0 atom stereocenters. The lowest BCUT2D eigenvalue weighted by molar-refractivity contribution is 0.0995. The zero-order valence-corrected chi connectivity index (χ0v) is 17.5. The molecular weight excluding hydrogens is 414 g/mol. The van der Waals surface area contributed by atoms with Crippen molar-refractivity contribution in [3.63, 3.8) is 0 Å². The molecule has 0 bridgehead atoms. The number of rotatable bonds is 7. The second-order valence-corrected chi connectivity index (χ2v) is 7.22. The van der Waals surface area contributed by atoms with E-state index in [4.69, 9.17) is 31.9 Å². The molecule has 7 heteroatoms. The van der Waals surface area contributed by atoms with E-state index in [1.807, 2.05) is 60.8 Å². The van der Waals surface area contributed by atoms with E-state index in [-0.39, 0.29) is 12.2 Å². The Morgan fingerprint density at radius 1 is 1.03 bits per heavy atom. The average molecular weight is 434 g/mol. The van der Waals surface area contributed by atoms with Crippen molar-refractivity contribution in [1.82, 2.24) is 9.78 Å². The van der Waals surface area contributed by atoms with E-state index in [0.717, 1.165) is 22.5 Å². The SMILES string of the molecule is COc1cccc(C(N)=O)c1OCc1cn(-c2ccccc2)nc1-c1ccc(Cl)cc1. The van der Waals surface area contributed by atoms with E-state index in [9.17, 15) is 4.79 Å². The molecule has 0 aliphatic heterocycles. The van der Waals surface area contributed by atoms with E-state index in [2.05, 4.69) is 0 Å². The first-order valence-corrected chi connectivity index (χ1v) is 9.94. The molecular formula is C24H20ClN3O3. The molecule has 3 aromatic carbocycles. The smallest absolute Gasteiger partial charge is 0.252 e. The Balaban J connectivity index is 1.74. The van der Waals surface area contributed by atoms with Gasteiger partial charge in [-0.25, -0.2) is 4.68 Å². The van der Waals surface area contributed by atoms with Crippen LogP contribution in [0.2, 0.25) is 5.02 Å². The molecule has 2 N–H and O–H groups in total. The van der Waals surface area contributed by atoms with Crippen molar-refractivity contribution in [2.45, 2.75) is 6.61 Å². The van der Waals surface area contributed by atoms with Gasteiger partial charge in [-0.05, 0) is 36.4 Å². The number of amides is 1. The lowest BCUT2D eigenvalue weighted by Crippen LogP contribution is -2.13. The lowest BCUT2D eigenvalue weighted by Gasteiger charge is -2.13. The van der Waals surface area contributed by atoms with Crippen LogP contribution in [0.3, 0.4) is 0 Å². The number of primary amides is 1. The molecule has 1 heterocycles. The molecule has 4 aromatic rings. The van der Waals surface area contributed by atoms with Crippen molar-refractivity contribution in [3.8, 4) is 28.4 Å². The molecule has 0 saturated heterocycles. The number of para-hydroxylation sites is 2. The number of carbonyl (C=O) groups is 1. The number of carbonyl (C=O) groups excluding carboxylic acids is 1. The van der Waals surface area contributed by atoms with Gasteiger partial charge in [0.25, 0.3) is 5.91 Å². The molecule has 0 saturated carbocycles. The first-order chi connectivity index (χ1) is 15.1. The lowest BCUT2D eigenvalue weighted by atomic mass is 10.1. The van der Waals surface area contributed by atoms with Crippen LogP contribution in [-0.2, 0) is 6.61 Å². The number of hydrogen-bond acceptors (Lipinski definition) is 4. The molecule has 0 aliphatic rings. The first-order valence-electron chi connectivity index (χ1n) is 9.56. The molecule has 156 valence electrons. The van der Waals surface area contributed by atoms with E-state index in [1.54, 1.807) is 22.9 Å². The summed E-state index contributed by atoms with van der Waals surface area (Å²) >= 11 is 6.05. The summed E-state index contributed by atoms with van der Waals surface area (Å²) in [5.74, 6) is 0.138. The summed E-state index contributed by atoms with van der Waals surface area (Å²) in [7, 11) is 1.51. The highest BCUT2D eigenvalue weighted by molar-refractivity contribution is 6.30. The number of nitrogens with zero attached hydrogens (tertiary/aromatic N) is 2. The van der Waals surface area contributed by atoms with Crippen molar-refractivity contribution in [2.24, 2.45) is 5.73 Å². The maximum absolute atomic E-state index is 11.9. The van der Waals surface area contributed by atoms with E-state index >= 15 is 0 Å². The van der Waals surface area contributed by atoms with Gasteiger partial charge in [-0.2, -0.15) is 5.10 Å². The summed E-state index contributed by atoms with van der Waals surface area (Å²) in [5, 5.41) is 5.41. The largest absolute Gasteiger partial charge is 0.493 e. The van der Waals surface area contributed by atoms with E-state index < -0.39 is 5.91 Å². The Bertz CT molecular complexity index is 1200. The highest BCUT2D eigenvalue weighted by atomic mass is 35.5.